The molecule has 0 aliphatic rings. The van der Waals surface area contributed by atoms with Gasteiger partial charge in [0.2, 0.25) is 0 Å². The van der Waals surface area contributed by atoms with Crippen LogP contribution in [0.4, 0.5) is 0 Å². The van der Waals surface area contributed by atoms with Gasteiger partial charge < -0.3 is 10.1 Å². The van der Waals surface area contributed by atoms with E-state index >= 15 is 0 Å². The lowest BCUT2D eigenvalue weighted by Crippen LogP contribution is -2.28. The lowest BCUT2D eigenvalue weighted by Gasteiger charge is -2.10. The minimum atomic E-state index is -0.223. The first-order valence-electron chi connectivity index (χ1n) is 7.11. The Bertz CT molecular complexity index is 662. The summed E-state index contributed by atoms with van der Waals surface area (Å²) in [6.45, 7) is 3.83. The van der Waals surface area contributed by atoms with E-state index in [0.29, 0.717) is 17.9 Å². The van der Waals surface area contributed by atoms with Gasteiger partial charge in [-0.2, -0.15) is 0 Å². The fourth-order valence-corrected chi connectivity index (χ4v) is 1.98. The maximum Gasteiger partial charge on any atom is 0.258 e. The van der Waals surface area contributed by atoms with E-state index in [9.17, 15) is 9.59 Å². The maximum atomic E-state index is 11.8. The molecule has 0 aromatic heterocycles. The van der Waals surface area contributed by atoms with Crippen LogP contribution in [-0.2, 0) is 11.3 Å². The minimum Gasteiger partial charge on any atom is -0.483 e. The first-order chi connectivity index (χ1) is 10.6. The van der Waals surface area contributed by atoms with E-state index in [4.69, 9.17) is 4.74 Å². The van der Waals surface area contributed by atoms with E-state index in [1.54, 1.807) is 24.3 Å². The molecule has 2 aromatic rings. The number of aryl methyl sites for hydroxylation is 1. The lowest BCUT2D eigenvalue weighted by atomic mass is 10.1. The zero-order valence-corrected chi connectivity index (χ0v) is 12.8. The number of benzene rings is 2. The van der Waals surface area contributed by atoms with E-state index in [2.05, 4.69) is 5.32 Å². The van der Waals surface area contributed by atoms with Crippen LogP contribution in [-0.4, -0.2) is 18.3 Å². The van der Waals surface area contributed by atoms with Crippen LogP contribution in [0, 0.1) is 6.92 Å². The molecule has 0 fully saturated rings. The number of rotatable bonds is 6. The summed E-state index contributed by atoms with van der Waals surface area (Å²) >= 11 is 0. The number of ketones is 1. The van der Waals surface area contributed by atoms with Crippen LogP contribution >= 0.6 is 0 Å². The quantitative estimate of drug-likeness (QED) is 0.834. The van der Waals surface area contributed by atoms with Gasteiger partial charge in [-0.05, 0) is 31.5 Å². The van der Waals surface area contributed by atoms with Crippen molar-refractivity contribution in [3.05, 3.63) is 65.2 Å². The normalized spacial score (nSPS) is 10.1. The highest BCUT2D eigenvalue weighted by Gasteiger charge is 2.09. The number of carbonyl (C=O) groups is 2. The third kappa shape index (κ3) is 4.45. The molecule has 0 aliphatic carbocycles. The third-order valence-corrected chi connectivity index (χ3v) is 3.24. The van der Waals surface area contributed by atoms with Gasteiger partial charge in [0.1, 0.15) is 5.75 Å². The van der Waals surface area contributed by atoms with Crippen molar-refractivity contribution in [3.8, 4) is 5.75 Å². The highest BCUT2D eigenvalue weighted by molar-refractivity contribution is 5.96. The number of ether oxygens (including phenoxy) is 1. The molecule has 0 aliphatic heterocycles. The summed E-state index contributed by atoms with van der Waals surface area (Å²) in [5.74, 6) is 0.120. The molecule has 0 atom stereocenters. The molecule has 114 valence electrons. The van der Waals surface area contributed by atoms with E-state index in [-0.39, 0.29) is 18.3 Å². The Morgan fingerprint density at radius 3 is 2.41 bits per heavy atom. The van der Waals surface area contributed by atoms with Gasteiger partial charge in [0, 0.05) is 6.54 Å². The number of amides is 1. The average molecular weight is 297 g/mol. The summed E-state index contributed by atoms with van der Waals surface area (Å²) < 4.78 is 5.43. The molecule has 0 saturated carbocycles. The van der Waals surface area contributed by atoms with Crippen molar-refractivity contribution in [3.63, 3.8) is 0 Å². The van der Waals surface area contributed by atoms with Crippen molar-refractivity contribution in [2.45, 2.75) is 20.4 Å². The SMILES string of the molecule is CC(=O)c1ccccc1OCC(=O)NCc1ccc(C)cc1. The molecule has 4 nitrogen and oxygen atoms in total. The van der Waals surface area contributed by atoms with Crippen LogP contribution in [0.25, 0.3) is 0 Å². The monoisotopic (exact) mass is 297 g/mol. The predicted octanol–water partition coefficient (Wildman–Crippen LogP) is 2.89. The molecule has 22 heavy (non-hydrogen) atoms. The van der Waals surface area contributed by atoms with Crippen molar-refractivity contribution in [2.24, 2.45) is 0 Å². The first kappa shape index (κ1) is 15.8. The Kier molecular flexibility index (Phi) is 5.31. The molecule has 2 aromatic carbocycles. The highest BCUT2D eigenvalue weighted by atomic mass is 16.5. The molecule has 0 radical (unpaired) electrons. The standard InChI is InChI=1S/C18H19NO3/c1-13-7-9-15(10-8-13)11-19-18(21)12-22-17-6-4-3-5-16(17)14(2)20/h3-10H,11-12H2,1-2H3,(H,19,21). The largest absolute Gasteiger partial charge is 0.483 e. The number of para-hydroxylation sites is 1. The Labute approximate surface area is 130 Å². The molecule has 2 rings (SSSR count). The molecular weight excluding hydrogens is 278 g/mol. The van der Waals surface area contributed by atoms with Crippen LogP contribution in [0.5, 0.6) is 5.75 Å². The highest BCUT2D eigenvalue weighted by Crippen LogP contribution is 2.18. The van der Waals surface area contributed by atoms with E-state index in [1.807, 2.05) is 31.2 Å². The number of carbonyl (C=O) groups excluding carboxylic acids is 2. The average Bonchev–Trinajstić information content (AvgIpc) is 2.52. The summed E-state index contributed by atoms with van der Waals surface area (Å²) in [7, 11) is 0. The van der Waals surface area contributed by atoms with Gasteiger partial charge in [0.25, 0.3) is 5.91 Å². The van der Waals surface area contributed by atoms with Crippen LogP contribution in [0.2, 0.25) is 0 Å². The Morgan fingerprint density at radius 2 is 1.73 bits per heavy atom. The summed E-state index contributed by atoms with van der Waals surface area (Å²) in [4.78, 5) is 23.3. The fourth-order valence-electron chi connectivity index (χ4n) is 1.98. The minimum absolute atomic E-state index is 0.0873. The van der Waals surface area contributed by atoms with Gasteiger partial charge in [0.15, 0.2) is 12.4 Å². The summed E-state index contributed by atoms with van der Waals surface area (Å²) in [6.07, 6.45) is 0. The van der Waals surface area contributed by atoms with Crippen LogP contribution in [0.1, 0.15) is 28.4 Å². The number of nitrogens with one attached hydrogen (secondary N) is 1. The molecule has 1 N–H and O–H groups in total. The Hall–Kier alpha value is -2.62. The van der Waals surface area contributed by atoms with E-state index < -0.39 is 0 Å². The zero-order chi connectivity index (χ0) is 15.9. The molecule has 0 unspecified atom stereocenters. The second-order valence-electron chi connectivity index (χ2n) is 5.10. The van der Waals surface area contributed by atoms with Crippen molar-refractivity contribution in [1.82, 2.24) is 5.32 Å². The topological polar surface area (TPSA) is 55.4 Å². The van der Waals surface area contributed by atoms with Gasteiger partial charge in [-0.25, -0.2) is 0 Å². The molecule has 0 heterocycles. The molecule has 1 amide bonds. The van der Waals surface area contributed by atoms with Gasteiger partial charge in [-0.3, -0.25) is 9.59 Å². The van der Waals surface area contributed by atoms with Gasteiger partial charge in [-0.15, -0.1) is 0 Å². The zero-order valence-electron chi connectivity index (χ0n) is 12.8. The molecule has 0 saturated heterocycles. The second-order valence-corrected chi connectivity index (χ2v) is 5.10. The molecular formula is C18H19NO3. The first-order valence-corrected chi connectivity index (χ1v) is 7.11. The lowest BCUT2D eigenvalue weighted by molar-refractivity contribution is -0.123. The van der Waals surface area contributed by atoms with Crippen molar-refractivity contribution in [1.29, 1.82) is 0 Å². The van der Waals surface area contributed by atoms with Crippen molar-refractivity contribution in [2.75, 3.05) is 6.61 Å². The molecule has 0 spiro atoms. The van der Waals surface area contributed by atoms with Crippen molar-refractivity contribution >= 4 is 11.7 Å². The predicted molar refractivity (Wildman–Crippen MR) is 85.0 cm³/mol. The van der Waals surface area contributed by atoms with Crippen LogP contribution in [0.3, 0.4) is 0 Å². The van der Waals surface area contributed by atoms with Gasteiger partial charge >= 0.3 is 0 Å². The van der Waals surface area contributed by atoms with Crippen molar-refractivity contribution < 1.29 is 14.3 Å². The fraction of sp³-hybridized carbons (Fsp3) is 0.222. The van der Waals surface area contributed by atoms with E-state index in [0.717, 1.165) is 5.56 Å². The number of hydrogen-bond acceptors (Lipinski definition) is 3. The summed E-state index contributed by atoms with van der Waals surface area (Å²) in [5.41, 5.74) is 2.69. The molecule has 0 bridgehead atoms. The third-order valence-electron chi connectivity index (χ3n) is 3.24. The maximum absolute atomic E-state index is 11.8. The smallest absolute Gasteiger partial charge is 0.258 e. The molecule has 4 heteroatoms. The Balaban J connectivity index is 1.85. The van der Waals surface area contributed by atoms with Gasteiger partial charge in [-0.1, -0.05) is 42.0 Å². The number of hydrogen-bond donors (Lipinski definition) is 1. The van der Waals surface area contributed by atoms with E-state index in [1.165, 1.54) is 12.5 Å². The van der Waals surface area contributed by atoms with Crippen LogP contribution in [0.15, 0.2) is 48.5 Å². The van der Waals surface area contributed by atoms with Crippen LogP contribution < -0.4 is 10.1 Å². The Morgan fingerprint density at radius 1 is 1.05 bits per heavy atom. The second kappa shape index (κ2) is 7.41. The summed E-state index contributed by atoms with van der Waals surface area (Å²) in [5, 5.41) is 2.79. The van der Waals surface area contributed by atoms with Gasteiger partial charge in [0.05, 0.1) is 5.56 Å². The number of Topliss-reactive ketones (excluding diaryl/α,β-unsaturated/α-hetero) is 1. The summed E-state index contributed by atoms with van der Waals surface area (Å²) in [6, 6.07) is 14.9.